The molecule has 0 aliphatic heterocycles. The summed E-state index contributed by atoms with van der Waals surface area (Å²) in [7, 11) is -4.23. The van der Waals surface area contributed by atoms with Gasteiger partial charge in [0.25, 0.3) is 21.6 Å². The summed E-state index contributed by atoms with van der Waals surface area (Å²) in [5.74, 6) is -0.842. The fourth-order valence-corrected chi connectivity index (χ4v) is 2.50. The van der Waals surface area contributed by atoms with E-state index in [2.05, 4.69) is 9.97 Å². The van der Waals surface area contributed by atoms with Gasteiger partial charge < -0.3 is 0 Å². The third kappa shape index (κ3) is 3.97. The molecule has 0 aliphatic carbocycles. The summed E-state index contributed by atoms with van der Waals surface area (Å²) in [5.41, 5.74) is 1.23. The molecule has 0 unspecified atom stereocenters. The Bertz CT molecular complexity index is 858. The highest BCUT2D eigenvalue weighted by molar-refractivity contribution is 7.89. The van der Waals surface area contributed by atoms with E-state index in [1.54, 1.807) is 4.83 Å². The van der Waals surface area contributed by atoms with Crippen LogP contribution in [0, 0.1) is 10.1 Å². The van der Waals surface area contributed by atoms with Crippen LogP contribution < -0.4 is 10.3 Å². The quantitative estimate of drug-likeness (QED) is 0.590. The second kappa shape index (κ2) is 6.64. The Hall–Kier alpha value is -2.63. The highest BCUT2D eigenvalue weighted by atomic mass is 35.5. The number of hydrogen-bond donors (Lipinski definition) is 2. The van der Waals surface area contributed by atoms with Crippen molar-refractivity contribution in [2.24, 2.45) is 0 Å². The molecule has 2 N–H and O–H groups in total. The summed E-state index contributed by atoms with van der Waals surface area (Å²) in [6, 6.07) is 2.91. The van der Waals surface area contributed by atoms with Gasteiger partial charge in [-0.05, 0) is 12.1 Å². The first-order chi connectivity index (χ1) is 10.8. The number of hydrazine groups is 1. The number of hydrogen-bond acceptors (Lipinski definition) is 7. The van der Waals surface area contributed by atoms with E-state index in [9.17, 15) is 23.3 Å². The summed E-state index contributed by atoms with van der Waals surface area (Å²) in [4.78, 5) is 30.3. The molecule has 2 aromatic rings. The van der Waals surface area contributed by atoms with Gasteiger partial charge >= 0.3 is 0 Å². The molecule has 0 spiro atoms. The van der Waals surface area contributed by atoms with Crippen LogP contribution in [0.5, 0.6) is 0 Å². The normalized spacial score (nSPS) is 11.0. The van der Waals surface area contributed by atoms with Crippen LogP contribution in [0.3, 0.4) is 0 Å². The Balaban J connectivity index is 2.18. The molecule has 1 heterocycles. The first-order valence-corrected chi connectivity index (χ1v) is 7.69. The number of nitrogens with zero attached hydrogens (tertiary/aromatic N) is 3. The van der Waals surface area contributed by atoms with Gasteiger partial charge in [0, 0.05) is 18.5 Å². The fraction of sp³-hybridized carbons (Fsp3) is 0. The fourth-order valence-electron chi connectivity index (χ4n) is 1.45. The lowest BCUT2D eigenvalue weighted by atomic mass is 10.3. The number of nitrogens with one attached hydrogen (secondary N) is 2. The lowest BCUT2D eigenvalue weighted by Gasteiger charge is -2.08. The Morgan fingerprint density at radius 1 is 1.30 bits per heavy atom. The number of carbonyl (C=O) groups is 1. The van der Waals surface area contributed by atoms with Crippen LogP contribution in [0.1, 0.15) is 10.5 Å². The van der Waals surface area contributed by atoms with E-state index >= 15 is 0 Å². The van der Waals surface area contributed by atoms with E-state index in [1.165, 1.54) is 12.4 Å². The third-order valence-electron chi connectivity index (χ3n) is 2.52. The second-order valence-corrected chi connectivity index (χ2v) is 6.11. The topological polar surface area (TPSA) is 144 Å². The van der Waals surface area contributed by atoms with Crippen molar-refractivity contribution < 1.29 is 18.1 Å². The molecular weight excluding hydrogens is 350 g/mol. The maximum atomic E-state index is 12.0. The molecule has 0 fully saturated rings. The molecule has 0 saturated carbocycles. The Kier molecular flexibility index (Phi) is 4.83. The van der Waals surface area contributed by atoms with Crippen LogP contribution in [-0.2, 0) is 10.0 Å². The molecule has 120 valence electrons. The standard InChI is InChI=1S/C11H8ClN5O5S/c12-8-2-1-7(5-10(8)17(19)20)23(21,22)16-15-11(18)9-6-13-3-4-14-9/h1-6,16H,(H,15,18). The Morgan fingerprint density at radius 2 is 2.04 bits per heavy atom. The average molecular weight is 358 g/mol. The molecule has 23 heavy (non-hydrogen) atoms. The first-order valence-electron chi connectivity index (χ1n) is 5.83. The summed E-state index contributed by atoms with van der Waals surface area (Å²) in [6.07, 6.45) is 3.73. The van der Waals surface area contributed by atoms with E-state index in [1.807, 2.05) is 5.43 Å². The van der Waals surface area contributed by atoms with Crippen LogP contribution in [0.25, 0.3) is 0 Å². The molecule has 0 aliphatic rings. The number of halogens is 1. The number of aromatic nitrogens is 2. The second-order valence-electron chi connectivity index (χ2n) is 4.02. The lowest BCUT2D eigenvalue weighted by molar-refractivity contribution is -0.384. The molecule has 1 amide bonds. The number of nitro benzene ring substituents is 1. The zero-order valence-corrected chi connectivity index (χ0v) is 12.7. The Labute approximate surface area is 134 Å². The zero-order chi connectivity index (χ0) is 17.0. The van der Waals surface area contributed by atoms with Gasteiger partial charge in [-0.2, -0.15) is 0 Å². The van der Waals surface area contributed by atoms with Gasteiger partial charge in [-0.1, -0.05) is 11.6 Å². The van der Waals surface area contributed by atoms with Crippen molar-refractivity contribution in [3.8, 4) is 0 Å². The monoisotopic (exact) mass is 357 g/mol. The molecule has 1 aromatic heterocycles. The lowest BCUT2D eigenvalue weighted by Crippen LogP contribution is -2.41. The average Bonchev–Trinajstić information content (AvgIpc) is 2.53. The van der Waals surface area contributed by atoms with Crippen LogP contribution >= 0.6 is 11.6 Å². The molecule has 2 rings (SSSR count). The van der Waals surface area contributed by atoms with Gasteiger partial charge in [0.05, 0.1) is 16.0 Å². The zero-order valence-electron chi connectivity index (χ0n) is 11.1. The number of carbonyl (C=O) groups excluding carboxylic acids is 1. The van der Waals surface area contributed by atoms with Crippen LogP contribution in [-0.4, -0.2) is 29.2 Å². The maximum Gasteiger partial charge on any atom is 0.289 e. The summed E-state index contributed by atoms with van der Waals surface area (Å²) in [6.45, 7) is 0. The summed E-state index contributed by atoms with van der Waals surface area (Å²) < 4.78 is 24.1. The maximum absolute atomic E-state index is 12.0. The largest absolute Gasteiger partial charge is 0.289 e. The number of benzene rings is 1. The third-order valence-corrected chi connectivity index (χ3v) is 4.08. The molecule has 10 nitrogen and oxygen atoms in total. The predicted octanol–water partition coefficient (Wildman–Crippen LogP) is 0.661. The van der Waals surface area contributed by atoms with E-state index in [0.717, 1.165) is 24.4 Å². The minimum atomic E-state index is -4.23. The van der Waals surface area contributed by atoms with Gasteiger partial charge in [0.2, 0.25) is 0 Å². The SMILES string of the molecule is O=C(NNS(=O)(=O)c1ccc(Cl)c([N+](=O)[O-])c1)c1cnccn1. The summed E-state index contributed by atoms with van der Waals surface area (Å²) >= 11 is 5.61. The van der Waals surface area contributed by atoms with Crippen molar-refractivity contribution in [2.45, 2.75) is 4.90 Å². The van der Waals surface area contributed by atoms with Crippen LogP contribution in [0.4, 0.5) is 5.69 Å². The van der Waals surface area contributed by atoms with Gasteiger partial charge in [-0.25, -0.2) is 13.4 Å². The van der Waals surface area contributed by atoms with E-state index < -0.39 is 31.4 Å². The van der Waals surface area contributed by atoms with Gasteiger partial charge in [0.15, 0.2) is 0 Å². The van der Waals surface area contributed by atoms with E-state index in [4.69, 9.17) is 11.6 Å². The molecule has 12 heteroatoms. The smallest absolute Gasteiger partial charge is 0.272 e. The minimum Gasteiger partial charge on any atom is -0.272 e. The van der Waals surface area contributed by atoms with Gasteiger partial charge in [-0.3, -0.25) is 25.3 Å². The van der Waals surface area contributed by atoms with Crippen molar-refractivity contribution in [1.82, 2.24) is 20.2 Å². The molecular formula is C11H8ClN5O5S. The highest BCUT2D eigenvalue weighted by Crippen LogP contribution is 2.26. The van der Waals surface area contributed by atoms with E-state index in [-0.39, 0.29) is 10.7 Å². The molecule has 0 saturated heterocycles. The first kappa shape index (κ1) is 16.7. The van der Waals surface area contributed by atoms with E-state index in [0.29, 0.717) is 0 Å². The van der Waals surface area contributed by atoms with Crippen molar-refractivity contribution >= 4 is 33.2 Å². The number of sulfonamides is 1. The number of nitro groups is 1. The molecule has 0 bridgehead atoms. The molecule has 0 atom stereocenters. The van der Waals surface area contributed by atoms with Crippen molar-refractivity contribution in [3.63, 3.8) is 0 Å². The Morgan fingerprint density at radius 3 is 2.65 bits per heavy atom. The van der Waals surface area contributed by atoms with Crippen molar-refractivity contribution in [1.29, 1.82) is 0 Å². The molecule has 0 radical (unpaired) electrons. The van der Waals surface area contributed by atoms with Crippen LogP contribution in [0.2, 0.25) is 5.02 Å². The highest BCUT2D eigenvalue weighted by Gasteiger charge is 2.21. The predicted molar refractivity (Wildman–Crippen MR) is 77.9 cm³/mol. The van der Waals surface area contributed by atoms with Gasteiger partial charge in [0.1, 0.15) is 10.7 Å². The van der Waals surface area contributed by atoms with Crippen molar-refractivity contribution in [3.05, 3.63) is 57.6 Å². The van der Waals surface area contributed by atoms with Crippen LogP contribution in [0.15, 0.2) is 41.7 Å². The molecule has 1 aromatic carbocycles. The number of rotatable bonds is 5. The van der Waals surface area contributed by atoms with Crippen molar-refractivity contribution in [2.75, 3.05) is 0 Å². The van der Waals surface area contributed by atoms with Gasteiger partial charge in [-0.15, -0.1) is 4.83 Å². The minimum absolute atomic E-state index is 0.114. The number of amides is 1. The summed E-state index contributed by atoms with van der Waals surface area (Å²) in [5, 5.41) is 10.6.